The van der Waals surface area contributed by atoms with Crippen LogP contribution in [-0.4, -0.2) is 16.7 Å². The van der Waals surface area contributed by atoms with E-state index in [1.807, 2.05) is 0 Å². The Balaban J connectivity index is 1.69. The molecule has 1 N–H and O–H groups in total. The summed E-state index contributed by atoms with van der Waals surface area (Å²) in [5.74, 6) is 0.181. The summed E-state index contributed by atoms with van der Waals surface area (Å²) in [6.45, 7) is 3.60. The number of ether oxygens (including phenoxy) is 1. The zero-order valence-electron chi connectivity index (χ0n) is 12.8. The van der Waals surface area contributed by atoms with Crippen LogP contribution in [0.3, 0.4) is 0 Å². The third-order valence-corrected chi connectivity index (χ3v) is 5.97. The van der Waals surface area contributed by atoms with Crippen molar-refractivity contribution in [2.45, 2.75) is 49.5 Å². The van der Waals surface area contributed by atoms with Gasteiger partial charge in [0.25, 0.3) is 0 Å². The minimum Gasteiger partial charge on any atom is -0.480 e. The Kier molecular flexibility index (Phi) is 2.91. The molecule has 0 spiro atoms. The van der Waals surface area contributed by atoms with Gasteiger partial charge in [-0.3, -0.25) is 0 Å². The number of hydrogen-bond acceptors (Lipinski definition) is 2. The molecule has 22 heavy (non-hydrogen) atoms. The second-order valence-corrected chi connectivity index (χ2v) is 7.62. The predicted molar refractivity (Wildman–Crippen MR) is 83.4 cm³/mol. The zero-order valence-corrected chi connectivity index (χ0v) is 12.8. The summed E-state index contributed by atoms with van der Waals surface area (Å²) in [5.41, 5.74) is 1.26. The molecule has 4 aliphatic rings. The van der Waals surface area contributed by atoms with Gasteiger partial charge in [0.1, 0.15) is 5.60 Å². The molecule has 4 fully saturated rings. The summed E-state index contributed by atoms with van der Waals surface area (Å²) in [6.07, 6.45) is 6.63. The van der Waals surface area contributed by atoms with E-state index in [9.17, 15) is 4.79 Å². The molecular weight excluding hydrogens is 276 g/mol. The summed E-state index contributed by atoms with van der Waals surface area (Å²) >= 11 is 0. The van der Waals surface area contributed by atoms with Crippen LogP contribution in [0.2, 0.25) is 0 Å². The first-order chi connectivity index (χ1) is 10.5. The summed E-state index contributed by atoms with van der Waals surface area (Å²) in [5, 5.41) is 9.14. The quantitative estimate of drug-likeness (QED) is 0.677. The lowest BCUT2D eigenvalue weighted by Crippen LogP contribution is -2.58. The molecule has 3 nitrogen and oxygen atoms in total. The maximum absolute atomic E-state index is 11.1. The molecule has 0 aromatic heterocycles. The van der Waals surface area contributed by atoms with E-state index in [-0.39, 0.29) is 16.8 Å². The largest absolute Gasteiger partial charge is 0.480 e. The molecule has 2 unspecified atom stereocenters. The van der Waals surface area contributed by atoms with E-state index in [1.54, 1.807) is 0 Å². The first kappa shape index (κ1) is 13.9. The third kappa shape index (κ3) is 2.06. The average Bonchev–Trinajstić information content (AvgIpc) is 2.46. The molecule has 3 heteroatoms. The predicted octanol–water partition coefficient (Wildman–Crippen LogP) is 3.89. The minimum absolute atomic E-state index is 0.0924. The van der Waals surface area contributed by atoms with E-state index in [0.717, 1.165) is 19.3 Å². The highest BCUT2D eigenvalue weighted by atomic mass is 16.5. The van der Waals surface area contributed by atoms with Crippen molar-refractivity contribution >= 4 is 5.97 Å². The molecule has 0 aliphatic heterocycles. The lowest BCUT2D eigenvalue weighted by atomic mass is 9.46. The zero-order chi connectivity index (χ0) is 15.4. The van der Waals surface area contributed by atoms with Gasteiger partial charge in [-0.1, -0.05) is 30.3 Å². The first-order valence-corrected chi connectivity index (χ1v) is 8.17. The van der Waals surface area contributed by atoms with Crippen LogP contribution in [0.1, 0.15) is 44.1 Å². The number of rotatable bonds is 4. The third-order valence-electron chi connectivity index (χ3n) is 5.97. The Hall–Kier alpha value is -1.77. The van der Waals surface area contributed by atoms with Gasteiger partial charge < -0.3 is 9.84 Å². The molecular formula is C19H22O3. The van der Waals surface area contributed by atoms with Crippen molar-refractivity contribution < 1.29 is 14.6 Å². The molecule has 4 saturated carbocycles. The number of carboxylic acids is 1. The normalized spacial score (nSPS) is 38.7. The standard InChI is InChI=1S/C19H22O3/c1-13(17(20)21)22-19-10-14-7-15(11-19)9-18(8-14,12-19)16-5-3-2-4-6-16/h2-6,14-15H,1,7-12H2,(H,20,21)/t14-,15+,18?,19?. The maximum atomic E-state index is 11.1. The second kappa shape index (κ2) is 4.61. The molecule has 4 aliphatic carbocycles. The summed E-state index contributed by atoms with van der Waals surface area (Å²) in [6, 6.07) is 10.7. The second-order valence-electron chi connectivity index (χ2n) is 7.62. The Morgan fingerprint density at radius 3 is 2.36 bits per heavy atom. The van der Waals surface area contributed by atoms with Gasteiger partial charge in [-0.05, 0) is 67.9 Å². The van der Waals surface area contributed by atoms with Crippen LogP contribution in [0.15, 0.2) is 42.7 Å². The van der Waals surface area contributed by atoms with Crippen LogP contribution >= 0.6 is 0 Å². The summed E-state index contributed by atoms with van der Waals surface area (Å²) in [4.78, 5) is 11.1. The molecule has 1 aromatic carbocycles. The van der Waals surface area contributed by atoms with Crippen LogP contribution in [0.5, 0.6) is 0 Å². The van der Waals surface area contributed by atoms with Crippen molar-refractivity contribution in [2.24, 2.45) is 11.8 Å². The lowest BCUT2D eigenvalue weighted by Gasteiger charge is -2.61. The highest BCUT2D eigenvalue weighted by Crippen LogP contribution is 2.63. The fraction of sp³-hybridized carbons (Fsp3) is 0.526. The van der Waals surface area contributed by atoms with E-state index >= 15 is 0 Å². The van der Waals surface area contributed by atoms with Crippen LogP contribution < -0.4 is 0 Å². The number of hydrogen-bond donors (Lipinski definition) is 1. The van der Waals surface area contributed by atoms with Crippen molar-refractivity contribution in [2.75, 3.05) is 0 Å². The molecule has 0 amide bonds. The molecule has 5 rings (SSSR count). The van der Waals surface area contributed by atoms with E-state index in [4.69, 9.17) is 9.84 Å². The number of benzene rings is 1. The van der Waals surface area contributed by atoms with Gasteiger partial charge in [0.15, 0.2) is 5.76 Å². The van der Waals surface area contributed by atoms with E-state index in [1.165, 1.54) is 24.8 Å². The molecule has 0 radical (unpaired) electrons. The summed E-state index contributed by atoms with van der Waals surface area (Å²) in [7, 11) is 0. The van der Waals surface area contributed by atoms with Gasteiger partial charge in [-0.15, -0.1) is 0 Å². The first-order valence-electron chi connectivity index (χ1n) is 8.17. The monoisotopic (exact) mass is 298 g/mol. The maximum Gasteiger partial charge on any atom is 0.370 e. The number of carboxylic acid groups (broad SMARTS) is 1. The van der Waals surface area contributed by atoms with E-state index < -0.39 is 5.97 Å². The van der Waals surface area contributed by atoms with Crippen LogP contribution in [0, 0.1) is 11.8 Å². The molecule has 116 valence electrons. The highest BCUT2D eigenvalue weighted by molar-refractivity contribution is 5.83. The Labute approximate surface area is 131 Å². The van der Waals surface area contributed by atoms with Crippen molar-refractivity contribution in [1.82, 2.24) is 0 Å². The van der Waals surface area contributed by atoms with Gasteiger partial charge in [-0.2, -0.15) is 0 Å². The number of carbonyl (C=O) groups is 1. The number of aliphatic carboxylic acids is 1. The van der Waals surface area contributed by atoms with Crippen molar-refractivity contribution in [3.8, 4) is 0 Å². The van der Waals surface area contributed by atoms with Gasteiger partial charge in [0.05, 0.1) is 0 Å². The minimum atomic E-state index is -1.04. The van der Waals surface area contributed by atoms with E-state index in [0.29, 0.717) is 11.8 Å². The van der Waals surface area contributed by atoms with Crippen LogP contribution in [0.4, 0.5) is 0 Å². The van der Waals surface area contributed by atoms with Crippen molar-refractivity contribution in [3.63, 3.8) is 0 Å². The van der Waals surface area contributed by atoms with Gasteiger partial charge >= 0.3 is 5.97 Å². The lowest BCUT2D eigenvalue weighted by molar-refractivity contribution is -0.165. The Morgan fingerprint density at radius 2 is 1.77 bits per heavy atom. The summed E-state index contributed by atoms with van der Waals surface area (Å²) < 4.78 is 5.96. The van der Waals surface area contributed by atoms with Gasteiger partial charge in [0, 0.05) is 0 Å². The fourth-order valence-corrected chi connectivity index (χ4v) is 5.73. The molecule has 1 aromatic rings. The van der Waals surface area contributed by atoms with E-state index in [2.05, 4.69) is 36.9 Å². The van der Waals surface area contributed by atoms with Crippen molar-refractivity contribution in [1.29, 1.82) is 0 Å². The Bertz CT molecular complexity index is 605. The fourth-order valence-electron chi connectivity index (χ4n) is 5.73. The Morgan fingerprint density at radius 1 is 1.14 bits per heavy atom. The average molecular weight is 298 g/mol. The molecule has 0 saturated heterocycles. The smallest absolute Gasteiger partial charge is 0.370 e. The van der Waals surface area contributed by atoms with Crippen molar-refractivity contribution in [3.05, 3.63) is 48.2 Å². The van der Waals surface area contributed by atoms with Gasteiger partial charge in [-0.25, -0.2) is 4.79 Å². The molecule has 4 bridgehead atoms. The van der Waals surface area contributed by atoms with Crippen LogP contribution in [-0.2, 0) is 14.9 Å². The molecule has 0 heterocycles. The highest BCUT2D eigenvalue weighted by Gasteiger charge is 2.59. The topological polar surface area (TPSA) is 46.5 Å². The SMILES string of the molecule is C=C(OC12C[C@H]3C[C@@H](C1)CC(c1ccccc1)(C3)C2)C(=O)O. The molecule has 4 atom stereocenters. The van der Waals surface area contributed by atoms with Crippen LogP contribution in [0.25, 0.3) is 0 Å². The van der Waals surface area contributed by atoms with Gasteiger partial charge in [0.2, 0.25) is 0 Å².